The predicted octanol–water partition coefficient (Wildman–Crippen LogP) is 3.33. The average molecular weight is 253 g/mol. The van der Waals surface area contributed by atoms with E-state index in [-0.39, 0.29) is 11.5 Å². The number of rotatable bonds is 3. The second-order valence-electron chi connectivity index (χ2n) is 6.15. The number of aliphatic hydroxyl groups excluding tert-OH is 1. The van der Waals surface area contributed by atoms with Crippen molar-refractivity contribution in [2.45, 2.75) is 45.6 Å². The standard InChI is InChI=1S/C14H23NOS/c1-13(2)5-7-14(10-15,8-6-13)12(16)11-4-3-9-17-11/h3-4,9,12,16H,5-8,10,15H2,1-2H3. The van der Waals surface area contributed by atoms with Gasteiger partial charge in [-0.15, -0.1) is 11.3 Å². The Hall–Kier alpha value is -0.380. The molecule has 17 heavy (non-hydrogen) atoms. The van der Waals surface area contributed by atoms with Gasteiger partial charge in [0.2, 0.25) is 0 Å². The van der Waals surface area contributed by atoms with Crippen LogP contribution in [0.4, 0.5) is 0 Å². The number of hydrogen-bond donors (Lipinski definition) is 2. The fraction of sp³-hybridized carbons (Fsp3) is 0.714. The Morgan fingerprint density at radius 2 is 2.00 bits per heavy atom. The van der Waals surface area contributed by atoms with Crippen molar-refractivity contribution in [2.24, 2.45) is 16.6 Å². The van der Waals surface area contributed by atoms with Crippen LogP contribution >= 0.6 is 11.3 Å². The molecule has 0 amide bonds. The average Bonchev–Trinajstić information content (AvgIpc) is 2.82. The van der Waals surface area contributed by atoms with Gasteiger partial charge in [0, 0.05) is 16.8 Å². The van der Waals surface area contributed by atoms with Crippen LogP contribution in [0.25, 0.3) is 0 Å². The van der Waals surface area contributed by atoms with E-state index in [1.165, 1.54) is 0 Å². The minimum Gasteiger partial charge on any atom is -0.387 e. The largest absolute Gasteiger partial charge is 0.387 e. The van der Waals surface area contributed by atoms with Crippen LogP contribution in [0.1, 0.15) is 50.5 Å². The molecule has 0 radical (unpaired) electrons. The Morgan fingerprint density at radius 1 is 1.35 bits per heavy atom. The zero-order valence-corrected chi connectivity index (χ0v) is 11.6. The first-order valence-electron chi connectivity index (χ1n) is 6.41. The maximum absolute atomic E-state index is 10.6. The van der Waals surface area contributed by atoms with Gasteiger partial charge in [-0.25, -0.2) is 0 Å². The summed E-state index contributed by atoms with van der Waals surface area (Å²) in [5.74, 6) is 0. The van der Waals surface area contributed by atoms with E-state index in [0.29, 0.717) is 12.0 Å². The Balaban J connectivity index is 2.16. The molecule has 1 atom stereocenters. The third kappa shape index (κ3) is 2.56. The van der Waals surface area contributed by atoms with E-state index >= 15 is 0 Å². The quantitative estimate of drug-likeness (QED) is 0.868. The van der Waals surface area contributed by atoms with E-state index in [0.717, 1.165) is 30.6 Å². The van der Waals surface area contributed by atoms with Crippen molar-refractivity contribution in [3.05, 3.63) is 22.4 Å². The number of aliphatic hydroxyl groups is 1. The maximum Gasteiger partial charge on any atom is 0.0949 e. The van der Waals surface area contributed by atoms with Crippen molar-refractivity contribution in [3.63, 3.8) is 0 Å². The summed E-state index contributed by atoms with van der Waals surface area (Å²) in [5, 5.41) is 12.6. The van der Waals surface area contributed by atoms with Crippen LogP contribution in [0, 0.1) is 10.8 Å². The fourth-order valence-corrected chi connectivity index (χ4v) is 3.61. The summed E-state index contributed by atoms with van der Waals surface area (Å²) >= 11 is 1.63. The molecule has 1 aromatic rings. The molecule has 1 fully saturated rings. The van der Waals surface area contributed by atoms with Gasteiger partial charge < -0.3 is 10.8 Å². The van der Waals surface area contributed by atoms with Gasteiger partial charge >= 0.3 is 0 Å². The fourth-order valence-electron chi connectivity index (χ4n) is 2.76. The first-order chi connectivity index (χ1) is 7.99. The molecular weight excluding hydrogens is 230 g/mol. The SMILES string of the molecule is CC1(C)CCC(CN)(C(O)c2cccs2)CC1. The van der Waals surface area contributed by atoms with Crippen LogP contribution < -0.4 is 5.73 Å². The lowest BCUT2D eigenvalue weighted by atomic mass is 9.62. The summed E-state index contributed by atoms with van der Waals surface area (Å²) in [4.78, 5) is 1.06. The third-order valence-electron chi connectivity index (χ3n) is 4.40. The molecule has 1 aliphatic rings. The molecule has 0 aromatic carbocycles. The molecule has 0 spiro atoms. The monoisotopic (exact) mass is 253 g/mol. The molecule has 3 N–H and O–H groups in total. The first-order valence-corrected chi connectivity index (χ1v) is 7.29. The lowest BCUT2D eigenvalue weighted by Crippen LogP contribution is -2.41. The van der Waals surface area contributed by atoms with Gasteiger partial charge in [-0.2, -0.15) is 0 Å². The molecule has 1 heterocycles. The van der Waals surface area contributed by atoms with Gasteiger partial charge in [0.1, 0.15) is 0 Å². The summed E-state index contributed by atoms with van der Waals surface area (Å²) < 4.78 is 0. The highest BCUT2D eigenvalue weighted by molar-refractivity contribution is 7.10. The van der Waals surface area contributed by atoms with Gasteiger partial charge in [-0.3, -0.25) is 0 Å². The summed E-state index contributed by atoms with van der Waals surface area (Å²) in [6, 6.07) is 4.02. The zero-order chi connectivity index (χ0) is 12.5. The van der Waals surface area contributed by atoms with Crippen LogP contribution in [0.5, 0.6) is 0 Å². The zero-order valence-electron chi connectivity index (χ0n) is 10.8. The highest BCUT2D eigenvalue weighted by atomic mass is 32.1. The molecule has 0 saturated heterocycles. The van der Waals surface area contributed by atoms with E-state index in [4.69, 9.17) is 5.73 Å². The van der Waals surface area contributed by atoms with Gasteiger partial charge in [-0.1, -0.05) is 19.9 Å². The second kappa shape index (κ2) is 4.71. The Kier molecular flexibility index (Phi) is 3.62. The molecule has 96 valence electrons. The highest BCUT2D eigenvalue weighted by Crippen LogP contribution is 2.51. The van der Waals surface area contributed by atoms with Crippen molar-refractivity contribution in [1.82, 2.24) is 0 Å². The first kappa shape index (κ1) is 13.1. The molecule has 1 saturated carbocycles. The van der Waals surface area contributed by atoms with Crippen molar-refractivity contribution in [3.8, 4) is 0 Å². The van der Waals surface area contributed by atoms with Gasteiger partial charge in [0.05, 0.1) is 6.10 Å². The van der Waals surface area contributed by atoms with E-state index in [1.54, 1.807) is 11.3 Å². The predicted molar refractivity (Wildman–Crippen MR) is 73.0 cm³/mol. The minimum absolute atomic E-state index is 0.0969. The van der Waals surface area contributed by atoms with E-state index in [9.17, 15) is 5.11 Å². The molecule has 1 aliphatic carbocycles. The van der Waals surface area contributed by atoms with Gasteiger partial charge in [0.15, 0.2) is 0 Å². The summed E-state index contributed by atoms with van der Waals surface area (Å²) in [6.45, 7) is 5.21. The van der Waals surface area contributed by atoms with E-state index < -0.39 is 0 Å². The second-order valence-corrected chi connectivity index (χ2v) is 7.13. The van der Waals surface area contributed by atoms with Gasteiger partial charge in [0.25, 0.3) is 0 Å². The van der Waals surface area contributed by atoms with E-state index in [1.807, 2.05) is 17.5 Å². The Labute approximate surface area is 108 Å². The Bertz CT molecular complexity index is 348. The topological polar surface area (TPSA) is 46.2 Å². The van der Waals surface area contributed by atoms with Crippen molar-refractivity contribution in [1.29, 1.82) is 0 Å². The van der Waals surface area contributed by atoms with Crippen LogP contribution in [0.2, 0.25) is 0 Å². The normalized spacial score (nSPS) is 24.5. The Morgan fingerprint density at radius 3 is 2.47 bits per heavy atom. The molecule has 0 bridgehead atoms. The van der Waals surface area contributed by atoms with Crippen molar-refractivity contribution < 1.29 is 5.11 Å². The molecular formula is C14H23NOS. The molecule has 2 nitrogen and oxygen atoms in total. The summed E-state index contributed by atoms with van der Waals surface area (Å²) in [6.07, 6.45) is 4.01. The van der Waals surface area contributed by atoms with Crippen LogP contribution in [-0.4, -0.2) is 11.7 Å². The highest BCUT2D eigenvalue weighted by Gasteiger charge is 2.43. The molecule has 1 aromatic heterocycles. The summed E-state index contributed by atoms with van der Waals surface area (Å²) in [7, 11) is 0. The maximum atomic E-state index is 10.6. The minimum atomic E-state index is -0.386. The molecule has 0 aliphatic heterocycles. The number of nitrogens with two attached hydrogens (primary N) is 1. The van der Waals surface area contributed by atoms with Gasteiger partial charge in [-0.05, 0) is 42.5 Å². The summed E-state index contributed by atoms with van der Waals surface area (Å²) in [5.41, 5.74) is 6.29. The van der Waals surface area contributed by atoms with Crippen LogP contribution in [0.3, 0.4) is 0 Å². The van der Waals surface area contributed by atoms with E-state index in [2.05, 4.69) is 13.8 Å². The number of thiophene rings is 1. The lowest BCUT2D eigenvalue weighted by Gasteiger charge is -2.45. The molecule has 1 unspecified atom stereocenters. The molecule has 2 rings (SSSR count). The smallest absolute Gasteiger partial charge is 0.0949 e. The van der Waals surface area contributed by atoms with Crippen LogP contribution in [-0.2, 0) is 0 Å². The van der Waals surface area contributed by atoms with Crippen LogP contribution in [0.15, 0.2) is 17.5 Å². The molecule has 3 heteroatoms. The van der Waals surface area contributed by atoms with Crippen molar-refractivity contribution >= 4 is 11.3 Å². The third-order valence-corrected chi connectivity index (χ3v) is 5.32. The number of hydrogen-bond acceptors (Lipinski definition) is 3. The lowest BCUT2D eigenvalue weighted by molar-refractivity contribution is -0.0215. The van der Waals surface area contributed by atoms with Crippen molar-refractivity contribution in [2.75, 3.05) is 6.54 Å².